The molecule has 2 amide bonds. The van der Waals surface area contributed by atoms with Crippen molar-refractivity contribution in [2.45, 2.75) is 27.2 Å². The number of carbonyl (C=O) groups excluding carboxylic acids is 2. The maximum absolute atomic E-state index is 11.9. The Bertz CT molecular complexity index is 485. The molecule has 1 aliphatic heterocycles. The predicted molar refractivity (Wildman–Crippen MR) is 96.8 cm³/mol. The van der Waals surface area contributed by atoms with Crippen molar-refractivity contribution in [2.75, 3.05) is 54.4 Å². The normalized spacial score (nSPS) is 20.5. The number of likely N-dealkylation sites (tertiary alicyclic amines) is 1. The van der Waals surface area contributed by atoms with Gasteiger partial charge in [0.15, 0.2) is 5.96 Å². The van der Waals surface area contributed by atoms with E-state index >= 15 is 0 Å². The van der Waals surface area contributed by atoms with Crippen LogP contribution in [0.1, 0.15) is 27.2 Å². The molecule has 1 N–H and O–H groups in total. The molecule has 0 radical (unpaired) electrons. The van der Waals surface area contributed by atoms with Gasteiger partial charge in [-0.15, -0.1) is 0 Å². The lowest BCUT2D eigenvalue weighted by atomic mass is 9.79. The van der Waals surface area contributed by atoms with E-state index in [0.29, 0.717) is 11.9 Å². The third-order valence-corrected chi connectivity index (χ3v) is 4.11. The van der Waals surface area contributed by atoms with Gasteiger partial charge in [-0.3, -0.25) is 9.59 Å². The van der Waals surface area contributed by atoms with E-state index < -0.39 is 0 Å². The first kappa shape index (κ1) is 20.3. The molecule has 7 heteroatoms. The van der Waals surface area contributed by atoms with Crippen LogP contribution in [0.4, 0.5) is 0 Å². The zero-order valence-corrected chi connectivity index (χ0v) is 16.2. The van der Waals surface area contributed by atoms with Gasteiger partial charge in [0.2, 0.25) is 11.8 Å². The lowest BCUT2D eigenvalue weighted by Gasteiger charge is -2.43. The van der Waals surface area contributed by atoms with E-state index in [2.05, 4.69) is 36.0 Å². The van der Waals surface area contributed by atoms with Crippen LogP contribution in [0, 0.1) is 11.3 Å². The van der Waals surface area contributed by atoms with Crippen LogP contribution in [-0.4, -0.2) is 86.8 Å². The minimum Gasteiger partial charge on any atom is -0.347 e. The third kappa shape index (κ3) is 6.37. The van der Waals surface area contributed by atoms with Crippen molar-refractivity contribution in [3.63, 3.8) is 0 Å². The topological polar surface area (TPSA) is 68.2 Å². The molecular weight excluding hydrogens is 306 g/mol. The molecule has 1 fully saturated rings. The Morgan fingerprint density at radius 2 is 1.75 bits per heavy atom. The number of hydrogen-bond acceptors (Lipinski definition) is 3. The van der Waals surface area contributed by atoms with E-state index in [4.69, 9.17) is 0 Å². The predicted octanol–water partition coefficient (Wildman–Crippen LogP) is 0.476. The first-order chi connectivity index (χ1) is 11.0. The standard InChI is InChI=1S/C17H33N5O2/c1-13-8-17(2,3)12-22(11-13)16(18-9-14(23)20(4)5)19-10-15(24)21(6)7/h13H,8-12H2,1-7H3,(H,18,19). The van der Waals surface area contributed by atoms with Gasteiger partial charge < -0.3 is 20.0 Å². The molecule has 1 saturated heterocycles. The largest absolute Gasteiger partial charge is 0.347 e. The SMILES string of the molecule is CC1CN(C(=NCC(=O)N(C)C)NCC(=O)N(C)C)CC(C)(C)C1. The molecule has 0 aliphatic carbocycles. The van der Waals surface area contributed by atoms with Crippen molar-refractivity contribution in [3.8, 4) is 0 Å². The highest BCUT2D eigenvalue weighted by molar-refractivity contribution is 5.88. The van der Waals surface area contributed by atoms with Gasteiger partial charge in [0.1, 0.15) is 6.54 Å². The van der Waals surface area contributed by atoms with E-state index in [1.807, 2.05) is 0 Å². The molecule has 138 valence electrons. The number of piperidine rings is 1. The zero-order chi connectivity index (χ0) is 18.5. The van der Waals surface area contributed by atoms with Gasteiger partial charge in [-0.05, 0) is 17.8 Å². The number of aliphatic imine (C=N–C) groups is 1. The molecule has 1 heterocycles. The van der Waals surface area contributed by atoms with Crippen molar-refractivity contribution < 1.29 is 9.59 Å². The first-order valence-electron chi connectivity index (χ1n) is 8.45. The highest BCUT2D eigenvalue weighted by atomic mass is 16.2. The van der Waals surface area contributed by atoms with Crippen LogP contribution in [-0.2, 0) is 9.59 Å². The molecule has 0 saturated carbocycles. The Hall–Kier alpha value is -1.79. The van der Waals surface area contributed by atoms with Crippen LogP contribution in [0.5, 0.6) is 0 Å². The van der Waals surface area contributed by atoms with Gasteiger partial charge in [-0.25, -0.2) is 4.99 Å². The minimum atomic E-state index is -0.0578. The number of hydrogen-bond donors (Lipinski definition) is 1. The Morgan fingerprint density at radius 1 is 1.17 bits per heavy atom. The lowest BCUT2D eigenvalue weighted by molar-refractivity contribution is -0.127. The second kappa shape index (κ2) is 8.35. The first-order valence-corrected chi connectivity index (χ1v) is 8.45. The monoisotopic (exact) mass is 339 g/mol. The second-order valence-corrected chi connectivity index (χ2v) is 7.92. The summed E-state index contributed by atoms with van der Waals surface area (Å²) >= 11 is 0. The fourth-order valence-electron chi connectivity index (χ4n) is 3.06. The summed E-state index contributed by atoms with van der Waals surface area (Å²) in [5.41, 5.74) is 0.178. The minimum absolute atomic E-state index is 0.0223. The van der Waals surface area contributed by atoms with Crippen LogP contribution < -0.4 is 5.32 Å². The molecule has 0 aromatic rings. The number of amides is 2. The summed E-state index contributed by atoms with van der Waals surface area (Å²) in [7, 11) is 6.88. The molecule has 7 nitrogen and oxygen atoms in total. The number of likely N-dealkylation sites (N-methyl/N-ethyl adjacent to an activating group) is 2. The lowest BCUT2D eigenvalue weighted by Crippen LogP contribution is -2.53. The van der Waals surface area contributed by atoms with Gasteiger partial charge >= 0.3 is 0 Å². The molecule has 0 aromatic carbocycles. The van der Waals surface area contributed by atoms with Crippen LogP contribution in [0.15, 0.2) is 4.99 Å². The second-order valence-electron chi connectivity index (χ2n) is 7.92. The summed E-state index contributed by atoms with van der Waals surface area (Å²) in [6.07, 6.45) is 1.16. The smallest absolute Gasteiger partial charge is 0.243 e. The zero-order valence-electron chi connectivity index (χ0n) is 16.2. The van der Waals surface area contributed by atoms with Gasteiger partial charge in [0.05, 0.1) is 6.54 Å². The molecule has 1 aliphatic rings. The number of carbonyl (C=O) groups is 2. The average molecular weight is 339 g/mol. The summed E-state index contributed by atoms with van der Waals surface area (Å²) in [4.78, 5) is 33.4. The maximum atomic E-state index is 11.9. The highest BCUT2D eigenvalue weighted by Crippen LogP contribution is 2.31. The molecule has 0 spiro atoms. The van der Waals surface area contributed by atoms with Crippen molar-refractivity contribution in [1.29, 1.82) is 0 Å². The van der Waals surface area contributed by atoms with Gasteiger partial charge in [-0.2, -0.15) is 0 Å². The molecule has 1 rings (SSSR count). The van der Waals surface area contributed by atoms with Crippen molar-refractivity contribution in [1.82, 2.24) is 20.0 Å². The Labute approximate surface area is 146 Å². The summed E-state index contributed by atoms with van der Waals surface area (Å²) < 4.78 is 0. The van der Waals surface area contributed by atoms with E-state index in [0.717, 1.165) is 19.5 Å². The number of nitrogens with one attached hydrogen (secondary N) is 1. The summed E-state index contributed by atoms with van der Waals surface area (Å²) in [5, 5.41) is 3.14. The van der Waals surface area contributed by atoms with Crippen molar-refractivity contribution in [2.24, 2.45) is 16.3 Å². The number of rotatable bonds is 4. The van der Waals surface area contributed by atoms with Crippen molar-refractivity contribution >= 4 is 17.8 Å². The molecule has 1 atom stereocenters. The van der Waals surface area contributed by atoms with Crippen LogP contribution >= 0.6 is 0 Å². The Kier molecular flexibility index (Phi) is 7.05. The fourth-order valence-corrected chi connectivity index (χ4v) is 3.06. The van der Waals surface area contributed by atoms with E-state index in [1.54, 1.807) is 33.1 Å². The van der Waals surface area contributed by atoms with Crippen LogP contribution in [0.3, 0.4) is 0 Å². The van der Waals surface area contributed by atoms with Crippen LogP contribution in [0.25, 0.3) is 0 Å². The number of guanidine groups is 1. The van der Waals surface area contributed by atoms with Crippen molar-refractivity contribution in [3.05, 3.63) is 0 Å². The van der Waals surface area contributed by atoms with E-state index in [9.17, 15) is 9.59 Å². The molecular formula is C17H33N5O2. The Balaban J connectivity index is 2.88. The van der Waals surface area contributed by atoms with E-state index in [-0.39, 0.29) is 30.3 Å². The van der Waals surface area contributed by atoms with Gasteiger partial charge in [0, 0.05) is 41.3 Å². The summed E-state index contributed by atoms with van der Waals surface area (Å²) in [6.45, 7) is 8.69. The average Bonchev–Trinajstić information content (AvgIpc) is 2.43. The Morgan fingerprint density at radius 3 is 2.25 bits per heavy atom. The highest BCUT2D eigenvalue weighted by Gasteiger charge is 2.32. The number of nitrogens with zero attached hydrogens (tertiary/aromatic N) is 4. The fraction of sp³-hybridized carbons (Fsp3) is 0.824. The van der Waals surface area contributed by atoms with Gasteiger partial charge in [-0.1, -0.05) is 20.8 Å². The quantitative estimate of drug-likeness (QED) is 0.597. The third-order valence-electron chi connectivity index (χ3n) is 4.11. The van der Waals surface area contributed by atoms with E-state index in [1.165, 1.54) is 4.90 Å². The molecule has 24 heavy (non-hydrogen) atoms. The maximum Gasteiger partial charge on any atom is 0.243 e. The summed E-state index contributed by atoms with van der Waals surface area (Å²) in [5.74, 6) is 1.10. The summed E-state index contributed by atoms with van der Waals surface area (Å²) in [6, 6.07) is 0. The molecule has 0 bridgehead atoms. The van der Waals surface area contributed by atoms with Crippen LogP contribution in [0.2, 0.25) is 0 Å². The van der Waals surface area contributed by atoms with Gasteiger partial charge in [0.25, 0.3) is 0 Å². The molecule has 0 aromatic heterocycles. The molecule has 1 unspecified atom stereocenters.